The second-order valence-corrected chi connectivity index (χ2v) is 7.55. The molecule has 0 aromatic rings. The van der Waals surface area contributed by atoms with E-state index in [2.05, 4.69) is 38.0 Å². The molecule has 1 saturated heterocycles. The van der Waals surface area contributed by atoms with Crippen LogP contribution in [0.5, 0.6) is 0 Å². The van der Waals surface area contributed by atoms with E-state index in [0.717, 1.165) is 25.7 Å². The number of rotatable bonds is 6. The lowest BCUT2D eigenvalue weighted by molar-refractivity contribution is 0.0329. The molecule has 1 N–H and O–H groups in total. The van der Waals surface area contributed by atoms with E-state index in [-0.39, 0.29) is 0 Å². The first-order valence-corrected chi connectivity index (χ1v) is 8.56. The summed E-state index contributed by atoms with van der Waals surface area (Å²) in [6.07, 6.45) is 6.47. The van der Waals surface area contributed by atoms with Crippen LogP contribution >= 0.6 is 0 Å². The van der Waals surface area contributed by atoms with E-state index in [4.69, 9.17) is 4.74 Å². The molecular weight excluding hydrogens is 248 g/mol. The summed E-state index contributed by atoms with van der Waals surface area (Å²) in [6.45, 7) is 11.4. The van der Waals surface area contributed by atoms with Gasteiger partial charge < -0.3 is 15.0 Å². The van der Waals surface area contributed by atoms with Gasteiger partial charge in [-0.15, -0.1) is 0 Å². The van der Waals surface area contributed by atoms with Crippen LogP contribution in [0.15, 0.2) is 0 Å². The third-order valence-corrected chi connectivity index (χ3v) is 5.29. The van der Waals surface area contributed by atoms with Crippen LogP contribution in [0, 0.1) is 11.3 Å². The number of hydrogen-bond donors (Lipinski definition) is 1. The fourth-order valence-corrected chi connectivity index (χ4v) is 4.04. The molecule has 0 bridgehead atoms. The van der Waals surface area contributed by atoms with Crippen molar-refractivity contribution in [3.8, 4) is 0 Å². The van der Waals surface area contributed by atoms with Crippen LogP contribution in [0.4, 0.5) is 0 Å². The molecule has 3 nitrogen and oxygen atoms in total. The Balaban J connectivity index is 1.91. The van der Waals surface area contributed by atoms with Gasteiger partial charge in [-0.25, -0.2) is 0 Å². The summed E-state index contributed by atoms with van der Waals surface area (Å²) >= 11 is 0. The fraction of sp³-hybridized carbons (Fsp3) is 1.00. The molecule has 1 aliphatic heterocycles. The summed E-state index contributed by atoms with van der Waals surface area (Å²) in [5.41, 5.74) is 0.428. The molecule has 2 aliphatic rings. The average molecular weight is 282 g/mol. The number of ether oxygens (including phenoxy) is 1. The standard InChI is InChI=1S/C17H34N2O/c1-5-10-18-16-15(8-9-17(16,2)3)19(4)12-14-7-6-11-20-13-14/h14-16,18H,5-13H2,1-4H3. The average Bonchev–Trinajstić information content (AvgIpc) is 2.72. The Labute approximate surface area is 125 Å². The predicted octanol–water partition coefficient (Wildman–Crippen LogP) is 2.90. The summed E-state index contributed by atoms with van der Waals surface area (Å²) < 4.78 is 5.64. The number of likely N-dealkylation sites (N-methyl/N-ethyl adjacent to an activating group) is 1. The quantitative estimate of drug-likeness (QED) is 0.811. The molecule has 0 aromatic heterocycles. The molecule has 0 aromatic carbocycles. The van der Waals surface area contributed by atoms with Gasteiger partial charge in [-0.3, -0.25) is 0 Å². The third kappa shape index (κ3) is 3.96. The van der Waals surface area contributed by atoms with E-state index >= 15 is 0 Å². The normalized spacial score (nSPS) is 33.8. The lowest BCUT2D eigenvalue weighted by Gasteiger charge is -2.38. The first-order valence-electron chi connectivity index (χ1n) is 8.56. The van der Waals surface area contributed by atoms with Crippen LogP contribution in [0.1, 0.15) is 52.9 Å². The van der Waals surface area contributed by atoms with E-state index in [1.807, 2.05) is 0 Å². The van der Waals surface area contributed by atoms with E-state index in [1.54, 1.807) is 0 Å². The largest absolute Gasteiger partial charge is 0.381 e. The van der Waals surface area contributed by atoms with Crippen LogP contribution in [0.2, 0.25) is 0 Å². The highest BCUT2D eigenvalue weighted by Gasteiger charge is 2.43. The summed E-state index contributed by atoms with van der Waals surface area (Å²) in [6, 6.07) is 1.33. The molecule has 118 valence electrons. The van der Waals surface area contributed by atoms with Crippen LogP contribution in [-0.2, 0) is 4.74 Å². The van der Waals surface area contributed by atoms with Gasteiger partial charge >= 0.3 is 0 Å². The van der Waals surface area contributed by atoms with Gasteiger partial charge in [-0.2, -0.15) is 0 Å². The van der Waals surface area contributed by atoms with Crippen LogP contribution < -0.4 is 5.32 Å². The monoisotopic (exact) mass is 282 g/mol. The molecule has 3 heteroatoms. The van der Waals surface area contributed by atoms with Gasteiger partial charge in [-0.05, 0) is 57.0 Å². The van der Waals surface area contributed by atoms with Crippen molar-refractivity contribution < 1.29 is 4.74 Å². The van der Waals surface area contributed by atoms with Gasteiger partial charge in [0.1, 0.15) is 0 Å². The van der Waals surface area contributed by atoms with Crippen molar-refractivity contribution in [1.29, 1.82) is 0 Å². The van der Waals surface area contributed by atoms with Gasteiger partial charge in [0.2, 0.25) is 0 Å². The molecule has 3 atom stereocenters. The zero-order chi connectivity index (χ0) is 14.6. The Kier molecular flexibility index (Phi) is 5.88. The van der Waals surface area contributed by atoms with Gasteiger partial charge in [-0.1, -0.05) is 20.8 Å². The van der Waals surface area contributed by atoms with Crippen molar-refractivity contribution >= 4 is 0 Å². The minimum Gasteiger partial charge on any atom is -0.381 e. The van der Waals surface area contributed by atoms with Gasteiger partial charge in [0.05, 0.1) is 6.61 Å². The van der Waals surface area contributed by atoms with Gasteiger partial charge in [0, 0.05) is 25.2 Å². The zero-order valence-electron chi connectivity index (χ0n) is 14.0. The molecule has 1 aliphatic carbocycles. The maximum Gasteiger partial charge on any atom is 0.0506 e. The SMILES string of the molecule is CCCNC1C(N(C)CC2CCCOC2)CCC1(C)C. The molecule has 0 amide bonds. The summed E-state index contributed by atoms with van der Waals surface area (Å²) in [5.74, 6) is 0.740. The molecule has 0 radical (unpaired) electrons. The first-order chi connectivity index (χ1) is 9.54. The third-order valence-electron chi connectivity index (χ3n) is 5.29. The van der Waals surface area contributed by atoms with Crippen molar-refractivity contribution in [3.05, 3.63) is 0 Å². The first kappa shape index (κ1) is 16.3. The molecule has 20 heavy (non-hydrogen) atoms. The number of hydrogen-bond acceptors (Lipinski definition) is 3. The van der Waals surface area contributed by atoms with Crippen LogP contribution in [0.25, 0.3) is 0 Å². The second-order valence-electron chi connectivity index (χ2n) is 7.55. The summed E-state index contributed by atoms with van der Waals surface area (Å²) in [4.78, 5) is 2.61. The maximum absolute atomic E-state index is 5.64. The highest BCUT2D eigenvalue weighted by atomic mass is 16.5. The second kappa shape index (κ2) is 7.24. The van der Waals surface area contributed by atoms with Gasteiger partial charge in [0.25, 0.3) is 0 Å². The lowest BCUT2D eigenvalue weighted by atomic mass is 9.86. The summed E-state index contributed by atoms with van der Waals surface area (Å²) in [7, 11) is 2.32. The molecule has 1 saturated carbocycles. The van der Waals surface area contributed by atoms with Crippen molar-refractivity contribution in [2.24, 2.45) is 11.3 Å². The van der Waals surface area contributed by atoms with E-state index in [0.29, 0.717) is 17.5 Å². The zero-order valence-corrected chi connectivity index (χ0v) is 14.0. The van der Waals surface area contributed by atoms with Crippen molar-refractivity contribution in [1.82, 2.24) is 10.2 Å². The highest BCUT2D eigenvalue weighted by molar-refractivity contribution is 5.00. The van der Waals surface area contributed by atoms with Crippen LogP contribution in [0.3, 0.4) is 0 Å². The Hall–Kier alpha value is -0.120. The van der Waals surface area contributed by atoms with Gasteiger partial charge in [0.15, 0.2) is 0 Å². The van der Waals surface area contributed by atoms with Crippen molar-refractivity contribution in [2.75, 3.05) is 33.4 Å². The Morgan fingerprint density at radius 2 is 2.10 bits per heavy atom. The van der Waals surface area contributed by atoms with Crippen molar-refractivity contribution in [3.63, 3.8) is 0 Å². The summed E-state index contributed by atoms with van der Waals surface area (Å²) in [5, 5.41) is 3.82. The Bertz CT molecular complexity index is 287. The Morgan fingerprint density at radius 3 is 2.75 bits per heavy atom. The minimum atomic E-state index is 0.428. The molecule has 3 unspecified atom stereocenters. The smallest absolute Gasteiger partial charge is 0.0506 e. The number of nitrogens with one attached hydrogen (secondary N) is 1. The lowest BCUT2D eigenvalue weighted by Crippen LogP contribution is -2.52. The molecule has 2 rings (SSSR count). The highest BCUT2D eigenvalue weighted by Crippen LogP contribution is 2.39. The maximum atomic E-state index is 5.64. The van der Waals surface area contributed by atoms with Crippen LogP contribution in [-0.4, -0.2) is 50.3 Å². The molecular formula is C17H34N2O. The Morgan fingerprint density at radius 1 is 1.30 bits per heavy atom. The molecule has 2 fully saturated rings. The molecule has 1 heterocycles. The van der Waals surface area contributed by atoms with E-state index in [1.165, 1.54) is 38.6 Å². The minimum absolute atomic E-state index is 0.428. The van der Waals surface area contributed by atoms with E-state index < -0.39 is 0 Å². The van der Waals surface area contributed by atoms with Crippen molar-refractivity contribution in [2.45, 2.75) is 65.0 Å². The molecule has 0 spiro atoms. The predicted molar refractivity (Wildman–Crippen MR) is 85.1 cm³/mol. The fourth-order valence-electron chi connectivity index (χ4n) is 4.04. The van der Waals surface area contributed by atoms with E-state index in [9.17, 15) is 0 Å². The number of nitrogens with zero attached hydrogens (tertiary/aromatic N) is 1. The topological polar surface area (TPSA) is 24.5 Å².